The number of Topliss-reactive ketones (excluding diaryl/α,β-unsaturated/α-hetero) is 2. The van der Waals surface area contributed by atoms with Crippen molar-refractivity contribution >= 4 is 23.9 Å². The summed E-state index contributed by atoms with van der Waals surface area (Å²) in [7, 11) is 0. The number of hydrogen-bond acceptors (Lipinski definition) is 5. The van der Waals surface area contributed by atoms with E-state index < -0.39 is 0 Å². The molecular weight excluding hydrogens is 426 g/mol. The standard InChI is InChI=1S/C29H35NO4/c1-29(2)18-20-30(19-8-12-25(32)21-31)28(29)27(33)13-7-6-9-23-14-16-26(17-15-23)34-22-24-10-4-3-5-11-24/h3-6,9-11,14-17,21,28H,7-8,12-13,18-20,22H2,1-2H3. The largest absolute Gasteiger partial charge is 0.489 e. The van der Waals surface area contributed by atoms with E-state index in [9.17, 15) is 14.4 Å². The second kappa shape index (κ2) is 12.4. The minimum Gasteiger partial charge on any atom is -0.489 e. The lowest BCUT2D eigenvalue weighted by molar-refractivity contribution is -0.130. The molecule has 0 N–H and O–H groups in total. The maximum atomic E-state index is 13.1. The Bertz CT molecular complexity index is 979. The fourth-order valence-electron chi connectivity index (χ4n) is 4.59. The molecule has 2 aromatic carbocycles. The van der Waals surface area contributed by atoms with Crippen LogP contribution in [-0.2, 0) is 21.0 Å². The van der Waals surface area contributed by atoms with Crippen molar-refractivity contribution in [1.82, 2.24) is 4.90 Å². The first-order chi connectivity index (χ1) is 16.4. The second-order valence-corrected chi connectivity index (χ2v) is 9.62. The molecule has 1 unspecified atom stereocenters. The van der Waals surface area contributed by atoms with E-state index in [4.69, 9.17) is 4.74 Å². The van der Waals surface area contributed by atoms with Gasteiger partial charge in [-0.2, -0.15) is 0 Å². The number of likely N-dealkylation sites (tertiary alicyclic amines) is 1. The summed E-state index contributed by atoms with van der Waals surface area (Å²) in [5, 5.41) is 0. The maximum absolute atomic E-state index is 13.1. The number of carbonyl (C=O) groups is 3. The number of nitrogens with zero attached hydrogens (tertiary/aromatic N) is 1. The van der Waals surface area contributed by atoms with Crippen LogP contribution in [0.15, 0.2) is 60.7 Å². The van der Waals surface area contributed by atoms with Gasteiger partial charge < -0.3 is 4.74 Å². The van der Waals surface area contributed by atoms with Crippen molar-refractivity contribution in [2.45, 2.75) is 58.6 Å². The Morgan fingerprint density at radius 1 is 1.06 bits per heavy atom. The maximum Gasteiger partial charge on any atom is 0.195 e. The summed E-state index contributed by atoms with van der Waals surface area (Å²) in [6, 6.07) is 17.9. The highest BCUT2D eigenvalue weighted by Crippen LogP contribution is 2.37. The average molecular weight is 462 g/mol. The van der Waals surface area contributed by atoms with Crippen LogP contribution in [0.3, 0.4) is 0 Å². The fraction of sp³-hybridized carbons (Fsp3) is 0.414. The third-order valence-electron chi connectivity index (χ3n) is 6.45. The van der Waals surface area contributed by atoms with Crippen molar-refractivity contribution in [3.8, 4) is 5.75 Å². The van der Waals surface area contributed by atoms with Crippen LogP contribution in [0.25, 0.3) is 6.08 Å². The van der Waals surface area contributed by atoms with E-state index in [1.54, 1.807) is 0 Å². The van der Waals surface area contributed by atoms with Crippen molar-refractivity contribution in [2.75, 3.05) is 13.1 Å². The molecule has 1 saturated heterocycles. The Hall–Kier alpha value is -3.05. The lowest BCUT2D eigenvalue weighted by Crippen LogP contribution is -2.43. The number of allylic oxidation sites excluding steroid dienone is 1. The number of hydrogen-bond donors (Lipinski definition) is 0. The highest BCUT2D eigenvalue weighted by Gasteiger charge is 2.43. The van der Waals surface area contributed by atoms with E-state index in [-0.39, 0.29) is 29.4 Å². The lowest BCUT2D eigenvalue weighted by Gasteiger charge is -2.31. The van der Waals surface area contributed by atoms with Gasteiger partial charge in [0.1, 0.15) is 12.4 Å². The number of ether oxygens (including phenoxy) is 1. The topological polar surface area (TPSA) is 63.7 Å². The molecule has 0 aromatic heterocycles. The SMILES string of the molecule is CC1(C)CCN(CCCC(=O)C=O)C1C(=O)CCC=Cc1ccc(OCc2ccccc2)cc1. The first-order valence-electron chi connectivity index (χ1n) is 12.1. The highest BCUT2D eigenvalue weighted by atomic mass is 16.5. The van der Waals surface area contributed by atoms with Crippen LogP contribution in [0.5, 0.6) is 5.75 Å². The molecule has 1 aliphatic heterocycles. The van der Waals surface area contributed by atoms with E-state index in [1.165, 1.54) is 0 Å². The zero-order chi connectivity index (χ0) is 24.4. The molecule has 3 rings (SSSR count). The van der Waals surface area contributed by atoms with Gasteiger partial charge in [0, 0.05) is 12.8 Å². The molecule has 1 fully saturated rings. The number of rotatable bonds is 13. The molecule has 0 radical (unpaired) electrons. The molecule has 34 heavy (non-hydrogen) atoms. The third-order valence-corrected chi connectivity index (χ3v) is 6.45. The number of benzene rings is 2. The van der Waals surface area contributed by atoms with Crippen molar-refractivity contribution in [1.29, 1.82) is 0 Å². The molecule has 0 aliphatic carbocycles. The zero-order valence-corrected chi connectivity index (χ0v) is 20.2. The zero-order valence-electron chi connectivity index (χ0n) is 20.2. The quantitative estimate of drug-likeness (QED) is 0.300. The van der Waals surface area contributed by atoms with Gasteiger partial charge in [-0.3, -0.25) is 19.3 Å². The normalized spacial score (nSPS) is 17.6. The molecule has 0 saturated carbocycles. The van der Waals surface area contributed by atoms with Crippen LogP contribution < -0.4 is 4.74 Å². The van der Waals surface area contributed by atoms with E-state index in [0.717, 1.165) is 29.8 Å². The lowest BCUT2D eigenvalue weighted by atomic mass is 9.81. The van der Waals surface area contributed by atoms with Crippen molar-refractivity contribution in [3.05, 3.63) is 71.8 Å². The minimum absolute atomic E-state index is 0.0783. The van der Waals surface area contributed by atoms with E-state index in [2.05, 4.69) is 18.7 Å². The molecule has 1 heterocycles. The van der Waals surface area contributed by atoms with Gasteiger partial charge in [-0.15, -0.1) is 0 Å². The molecule has 5 nitrogen and oxygen atoms in total. The Balaban J connectivity index is 1.45. The molecule has 1 aliphatic rings. The van der Waals surface area contributed by atoms with Crippen molar-refractivity contribution in [3.63, 3.8) is 0 Å². The summed E-state index contributed by atoms with van der Waals surface area (Å²) >= 11 is 0. The third kappa shape index (κ3) is 7.49. The van der Waals surface area contributed by atoms with Gasteiger partial charge in [-0.05, 0) is 61.0 Å². The highest BCUT2D eigenvalue weighted by molar-refractivity contribution is 6.24. The summed E-state index contributed by atoms with van der Waals surface area (Å²) < 4.78 is 5.83. The summed E-state index contributed by atoms with van der Waals surface area (Å²) in [5.41, 5.74) is 2.13. The summed E-state index contributed by atoms with van der Waals surface area (Å²) in [6.07, 6.45) is 7.47. The van der Waals surface area contributed by atoms with Crippen molar-refractivity contribution < 1.29 is 19.1 Å². The predicted molar refractivity (Wildman–Crippen MR) is 135 cm³/mol. The van der Waals surface area contributed by atoms with Crippen LogP contribution in [0, 0.1) is 5.41 Å². The van der Waals surface area contributed by atoms with Gasteiger partial charge >= 0.3 is 0 Å². The number of aldehydes is 1. The molecule has 0 amide bonds. The Morgan fingerprint density at radius 3 is 2.50 bits per heavy atom. The van der Waals surface area contributed by atoms with Gasteiger partial charge in [0.2, 0.25) is 0 Å². The van der Waals surface area contributed by atoms with E-state index in [0.29, 0.717) is 38.7 Å². The van der Waals surface area contributed by atoms with Gasteiger partial charge in [-0.1, -0.05) is 68.5 Å². The van der Waals surface area contributed by atoms with Crippen LogP contribution in [0.2, 0.25) is 0 Å². The van der Waals surface area contributed by atoms with Crippen LogP contribution in [0.1, 0.15) is 57.1 Å². The molecule has 1 atom stereocenters. The van der Waals surface area contributed by atoms with Gasteiger partial charge in [0.15, 0.2) is 17.9 Å². The number of carbonyl (C=O) groups excluding carboxylic acids is 3. The molecule has 2 aromatic rings. The van der Waals surface area contributed by atoms with Gasteiger partial charge in [-0.25, -0.2) is 0 Å². The summed E-state index contributed by atoms with van der Waals surface area (Å²) in [5.74, 6) is 0.704. The van der Waals surface area contributed by atoms with E-state index in [1.807, 2.05) is 66.7 Å². The number of ketones is 2. The smallest absolute Gasteiger partial charge is 0.195 e. The van der Waals surface area contributed by atoms with Gasteiger partial charge in [0.25, 0.3) is 0 Å². The molecule has 0 spiro atoms. The van der Waals surface area contributed by atoms with Crippen LogP contribution in [0.4, 0.5) is 0 Å². The molecular formula is C29H35NO4. The van der Waals surface area contributed by atoms with Crippen LogP contribution in [-0.4, -0.2) is 41.9 Å². The van der Waals surface area contributed by atoms with Crippen molar-refractivity contribution in [2.24, 2.45) is 5.41 Å². The first-order valence-corrected chi connectivity index (χ1v) is 12.1. The predicted octanol–water partition coefficient (Wildman–Crippen LogP) is 5.28. The van der Waals surface area contributed by atoms with E-state index >= 15 is 0 Å². The average Bonchev–Trinajstić information content (AvgIpc) is 3.15. The monoisotopic (exact) mass is 461 g/mol. The summed E-state index contributed by atoms with van der Waals surface area (Å²) in [4.78, 5) is 37.0. The Labute approximate surface area is 202 Å². The second-order valence-electron chi connectivity index (χ2n) is 9.62. The fourth-order valence-corrected chi connectivity index (χ4v) is 4.59. The molecule has 5 heteroatoms. The Kier molecular flexibility index (Phi) is 9.34. The summed E-state index contributed by atoms with van der Waals surface area (Å²) in [6.45, 7) is 6.36. The van der Waals surface area contributed by atoms with Crippen LogP contribution >= 0.6 is 0 Å². The Morgan fingerprint density at radius 2 is 1.79 bits per heavy atom. The molecule has 180 valence electrons. The minimum atomic E-state index is -0.373. The van der Waals surface area contributed by atoms with Gasteiger partial charge in [0.05, 0.1) is 6.04 Å². The first kappa shape index (κ1) is 25.6. The molecule has 0 bridgehead atoms.